The Labute approximate surface area is 80.0 Å². The largest absolute Gasteiger partial charge is 0.478 e. The number of aromatic carboxylic acids is 1. The molecule has 0 fully saturated rings. The lowest BCUT2D eigenvalue weighted by molar-refractivity contribution is 0.0697. The molecule has 5 heteroatoms. The number of hydrogen-bond donors (Lipinski definition) is 3. The molecule has 0 heterocycles. The Morgan fingerprint density at radius 3 is 2.79 bits per heavy atom. The number of rotatable bonds is 4. The first-order valence-corrected chi connectivity index (χ1v) is 4.03. The van der Waals surface area contributed by atoms with E-state index in [0.717, 1.165) is 6.07 Å². The normalized spacial score (nSPS) is 9.86. The Kier molecular flexibility index (Phi) is 3.41. The van der Waals surface area contributed by atoms with Gasteiger partial charge in [0.2, 0.25) is 0 Å². The fourth-order valence-corrected chi connectivity index (χ4v) is 1.06. The predicted octanol–water partition coefficient (Wildman–Crippen LogP) is 0.928. The number of carbonyl (C=O) groups is 1. The van der Waals surface area contributed by atoms with Gasteiger partial charge in [-0.2, -0.15) is 0 Å². The van der Waals surface area contributed by atoms with Gasteiger partial charge in [0.05, 0.1) is 17.9 Å². The summed E-state index contributed by atoms with van der Waals surface area (Å²) in [6.45, 7) is -0.0748. The number of para-hydroxylation sites is 1. The van der Waals surface area contributed by atoms with Crippen molar-refractivity contribution in [2.75, 3.05) is 18.5 Å². The Balaban J connectivity index is 3.02. The third kappa shape index (κ3) is 2.20. The summed E-state index contributed by atoms with van der Waals surface area (Å²) in [5.74, 6) is -1.84. The Hall–Kier alpha value is -1.62. The number of aliphatic hydroxyl groups is 1. The minimum atomic E-state index is -1.20. The van der Waals surface area contributed by atoms with Crippen molar-refractivity contribution in [2.45, 2.75) is 0 Å². The average Bonchev–Trinajstić information content (AvgIpc) is 2.15. The molecule has 0 amide bonds. The molecule has 14 heavy (non-hydrogen) atoms. The van der Waals surface area contributed by atoms with Gasteiger partial charge in [0, 0.05) is 6.54 Å². The summed E-state index contributed by atoms with van der Waals surface area (Å²) >= 11 is 0. The Morgan fingerprint density at radius 1 is 1.50 bits per heavy atom. The monoisotopic (exact) mass is 199 g/mol. The van der Waals surface area contributed by atoms with Crippen LogP contribution in [0.2, 0.25) is 0 Å². The second-order valence-electron chi connectivity index (χ2n) is 2.62. The van der Waals surface area contributed by atoms with E-state index in [2.05, 4.69) is 5.32 Å². The lowest BCUT2D eigenvalue weighted by Crippen LogP contribution is -2.11. The first-order valence-electron chi connectivity index (χ1n) is 4.03. The molecule has 0 spiro atoms. The summed E-state index contributed by atoms with van der Waals surface area (Å²) in [7, 11) is 0. The second-order valence-corrected chi connectivity index (χ2v) is 2.62. The summed E-state index contributed by atoms with van der Waals surface area (Å²) in [6.07, 6.45) is 0. The number of aliphatic hydroxyl groups excluding tert-OH is 1. The molecule has 1 rings (SSSR count). The molecule has 4 nitrogen and oxygen atoms in total. The van der Waals surface area contributed by atoms with E-state index in [-0.39, 0.29) is 24.4 Å². The van der Waals surface area contributed by atoms with Crippen LogP contribution >= 0.6 is 0 Å². The van der Waals surface area contributed by atoms with Gasteiger partial charge in [0.25, 0.3) is 0 Å². The van der Waals surface area contributed by atoms with Crippen LogP contribution in [0.1, 0.15) is 10.4 Å². The maximum atomic E-state index is 13.1. The quantitative estimate of drug-likeness (QED) is 0.674. The molecule has 0 aliphatic heterocycles. The van der Waals surface area contributed by atoms with Gasteiger partial charge in [0.1, 0.15) is 5.82 Å². The molecular formula is C9H10FNO3. The third-order valence-corrected chi connectivity index (χ3v) is 1.66. The van der Waals surface area contributed by atoms with Crippen molar-refractivity contribution >= 4 is 11.7 Å². The number of halogens is 1. The van der Waals surface area contributed by atoms with Crippen LogP contribution in [0.3, 0.4) is 0 Å². The van der Waals surface area contributed by atoms with E-state index in [1.807, 2.05) is 0 Å². The van der Waals surface area contributed by atoms with Crippen LogP contribution < -0.4 is 5.32 Å². The zero-order valence-corrected chi connectivity index (χ0v) is 7.33. The number of anilines is 1. The van der Waals surface area contributed by atoms with Gasteiger partial charge in [-0.3, -0.25) is 0 Å². The first-order chi connectivity index (χ1) is 6.66. The fourth-order valence-electron chi connectivity index (χ4n) is 1.06. The van der Waals surface area contributed by atoms with Crippen LogP contribution in [0.25, 0.3) is 0 Å². The molecule has 0 bridgehead atoms. The smallest absolute Gasteiger partial charge is 0.337 e. The van der Waals surface area contributed by atoms with Gasteiger partial charge in [0.15, 0.2) is 0 Å². The SMILES string of the molecule is O=C(O)c1cccc(F)c1NCCO. The van der Waals surface area contributed by atoms with Crippen molar-refractivity contribution in [3.05, 3.63) is 29.6 Å². The maximum Gasteiger partial charge on any atom is 0.337 e. The van der Waals surface area contributed by atoms with Crippen molar-refractivity contribution < 1.29 is 19.4 Å². The standard InChI is InChI=1S/C9H10FNO3/c10-7-3-1-2-6(9(13)14)8(7)11-4-5-12/h1-3,11-12H,4-5H2,(H,13,14). The number of carboxylic acids is 1. The summed E-state index contributed by atoms with van der Waals surface area (Å²) in [5, 5.41) is 19.7. The van der Waals surface area contributed by atoms with Gasteiger partial charge in [-0.05, 0) is 12.1 Å². The van der Waals surface area contributed by atoms with Crippen LogP contribution in [0, 0.1) is 5.82 Å². The van der Waals surface area contributed by atoms with E-state index in [1.165, 1.54) is 12.1 Å². The fraction of sp³-hybridized carbons (Fsp3) is 0.222. The molecule has 3 N–H and O–H groups in total. The van der Waals surface area contributed by atoms with Gasteiger partial charge in [-0.25, -0.2) is 9.18 Å². The third-order valence-electron chi connectivity index (χ3n) is 1.66. The van der Waals surface area contributed by atoms with E-state index < -0.39 is 11.8 Å². The lowest BCUT2D eigenvalue weighted by atomic mass is 10.1. The molecule has 0 saturated carbocycles. The van der Waals surface area contributed by atoms with Gasteiger partial charge >= 0.3 is 5.97 Å². The van der Waals surface area contributed by atoms with Crippen LogP contribution in [-0.4, -0.2) is 29.3 Å². The predicted molar refractivity (Wildman–Crippen MR) is 48.9 cm³/mol. The average molecular weight is 199 g/mol. The zero-order valence-electron chi connectivity index (χ0n) is 7.33. The molecule has 0 aliphatic carbocycles. The van der Waals surface area contributed by atoms with E-state index in [9.17, 15) is 9.18 Å². The highest BCUT2D eigenvalue weighted by atomic mass is 19.1. The minimum Gasteiger partial charge on any atom is -0.478 e. The molecular weight excluding hydrogens is 189 g/mol. The molecule has 0 atom stereocenters. The summed E-state index contributed by atoms with van der Waals surface area (Å²) < 4.78 is 13.1. The van der Waals surface area contributed by atoms with Crippen LogP contribution in [0.5, 0.6) is 0 Å². The van der Waals surface area contributed by atoms with E-state index in [0.29, 0.717) is 0 Å². The van der Waals surface area contributed by atoms with Crippen molar-refractivity contribution in [1.82, 2.24) is 0 Å². The summed E-state index contributed by atoms with van der Waals surface area (Å²) in [5.41, 5.74) is -0.229. The van der Waals surface area contributed by atoms with Crippen molar-refractivity contribution in [2.24, 2.45) is 0 Å². The Bertz CT molecular complexity index is 341. The van der Waals surface area contributed by atoms with Gasteiger partial charge < -0.3 is 15.5 Å². The number of benzene rings is 1. The van der Waals surface area contributed by atoms with Crippen molar-refractivity contribution in [3.63, 3.8) is 0 Å². The highest BCUT2D eigenvalue weighted by Crippen LogP contribution is 2.19. The molecule has 0 unspecified atom stereocenters. The molecule has 0 aliphatic rings. The van der Waals surface area contributed by atoms with Gasteiger partial charge in [-0.15, -0.1) is 0 Å². The lowest BCUT2D eigenvalue weighted by Gasteiger charge is -2.08. The zero-order chi connectivity index (χ0) is 10.6. The summed E-state index contributed by atoms with van der Waals surface area (Å²) in [6, 6.07) is 3.78. The highest BCUT2D eigenvalue weighted by Gasteiger charge is 2.12. The van der Waals surface area contributed by atoms with Gasteiger partial charge in [-0.1, -0.05) is 6.07 Å². The molecule has 0 radical (unpaired) electrons. The number of nitrogens with one attached hydrogen (secondary N) is 1. The maximum absolute atomic E-state index is 13.1. The van der Waals surface area contributed by atoms with E-state index in [1.54, 1.807) is 0 Å². The van der Waals surface area contributed by atoms with Crippen molar-refractivity contribution in [1.29, 1.82) is 0 Å². The number of carboxylic acid groups (broad SMARTS) is 1. The van der Waals surface area contributed by atoms with E-state index in [4.69, 9.17) is 10.2 Å². The minimum absolute atomic E-state index is 0.0888. The van der Waals surface area contributed by atoms with E-state index >= 15 is 0 Å². The molecule has 76 valence electrons. The summed E-state index contributed by atoms with van der Waals surface area (Å²) in [4.78, 5) is 10.7. The van der Waals surface area contributed by atoms with Crippen molar-refractivity contribution in [3.8, 4) is 0 Å². The van der Waals surface area contributed by atoms with Crippen LogP contribution in [-0.2, 0) is 0 Å². The topological polar surface area (TPSA) is 69.6 Å². The second kappa shape index (κ2) is 4.57. The highest BCUT2D eigenvalue weighted by molar-refractivity contribution is 5.94. The molecule has 1 aromatic rings. The number of hydrogen-bond acceptors (Lipinski definition) is 3. The molecule has 1 aromatic carbocycles. The Morgan fingerprint density at radius 2 is 2.21 bits per heavy atom. The molecule has 0 aromatic heterocycles. The van der Waals surface area contributed by atoms with Crippen LogP contribution in [0.15, 0.2) is 18.2 Å². The first kappa shape index (κ1) is 10.5. The molecule has 0 saturated heterocycles. The van der Waals surface area contributed by atoms with Crippen LogP contribution in [0.4, 0.5) is 10.1 Å².